The summed E-state index contributed by atoms with van der Waals surface area (Å²) in [5.41, 5.74) is 2.03. The number of H-pyrrole nitrogens is 1. The molecular formula is C20H26N2O3. The second-order valence-corrected chi connectivity index (χ2v) is 7.07. The fourth-order valence-corrected chi connectivity index (χ4v) is 4.33. The second-order valence-electron chi connectivity index (χ2n) is 7.07. The van der Waals surface area contributed by atoms with Crippen LogP contribution in [0.1, 0.15) is 38.2 Å². The van der Waals surface area contributed by atoms with Crippen LogP contribution in [0.15, 0.2) is 30.5 Å². The lowest BCUT2D eigenvalue weighted by Crippen LogP contribution is -2.69. The fourth-order valence-electron chi connectivity index (χ4n) is 4.33. The molecule has 1 aliphatic carbocycles. The highest BCUT2D eigenvalue weighted by molar-refractivity contribution is 5.84. The van der Waals surface area contributed by atoms with Gasteiger partial charge in [-0.1, -0.05) is 18.2 Å². The average molecular weight is 342 g/mol. The van der Waals surface area contributed by atoms with Crippen LogP contribution in [0.4, 0.5) is 0 Å². The molecule has 1 aromatic heterocycles. The molecule has 0 unspecified atom stereocenters. The van der Waals surface area contributed by atoms with E-state index < -0.39 is 0 Å². The van der Waals surface area contributed by atoms with Crippen molar-refractivity contribution in [3.05, 3.63) is 36.0 Å². The minimum absolute atomic E-state index is 0.0852. The van der Waals surface area contributed by atoms with Crippen molar-refractivity contribution in [1.82, 2.24) is 10.3 Å². The summed E-state index contributed by atoms with van der Waals surface area (Å²) in [5, 5.41) is 4.39. The Bertz CT molecular complexity index is 748. The van der Waals surface area contributed by atoms with Gasteiger partial charge in [-0.15, -0.1) is 0 Å². The Kier molecular flexibility index (Phi) is 4.52. The van der Waals surface area contributed by atoms with E-state index in [9.17, 15) is 4.79 Å². The van der Waals surface area contributed by atoms with E-state index in [0.717, 1.165) is 37.8 Å². The maximum Gasteiger partial charge on any atom is 0.220 e. The molecular weight excluding hydrogens is 316 g/mol. The van der Waals surface area contributed by atoms with Crippen molar-refractivity contribution in [3.8, 4) is 0 Å². The lowest BCUT2D eigenvalue weighted by Gasteiger charge is -2.52. The summed E-state index contributed by atoms with van der Waals surface area (Å²) in [6, 6.07) is 8.29. The van der Waals surface area contributed by atoms with Gasteiger partial charge in [0.25, 0.3) is 0 Å². The number of hydrogen-bond donors (Lipinski definition) is 2. The van der Waals surface area contributed by atoms with Gasteiger partial charge >= 0.3 is 0 Å². The van der Waals surface area contributed by atoms with Crippen molar-refractivity contribution < 1.29 is 14.3 Å². The zero-order valence-electron chi connectivity index (χ0n) is 14.7. The van der Waals surface area contributed by atoms with Crippen LogP contribution < -0.4 is 5.32 Å². The summed E-state index contributed by atoms with van der Waals surface area (Å²) in [6.07, 6.45) is 6.25. The van der Waals surface area contributed by atoms with Crippen LogP contribution >= 0.6 is 0 Å². The summed E-state index contributed by atoms with van der Waals surface area (Å²) >= 11 is 0. The molecule has 2 fully saturated rings. The molecule has 1 spiro atoms. The third-order valence-electron chi connectivity index (χ3n) is 5.67. The summed E-state index contributed by atoms with van der Waals surface area (Å²) in [6.45, 7) is 3.47. The standard InChI is InChI=1S/C20H26N2O3/c1-2-24-18-12-17(20(18)10-5-11-25-20)22-19(23)9-8-14-13-21-16-7-4-3-6-15(14)16/h3-4,6-7,13,17-18,21H,2,5,8-12H2,1H3,(H,22,23)/t17-,18+,20-/m0/s1. The molecule has 2 aromatic rings. The first-order chi connectivity index (χ1) is 12.2. The van der Waals surface area contributed by atoms with Crippen molar-refractivity contribution in [2.45, 2.75) is 56.8 Å². The van der Waals surface area contributed by atoms with Gasteiger partial charge in [0.05, 0.1) is 12.1 Å². The number of carbonyl (C=O) groups is 1. The van der Waals surface area contributed by atoms with E-state index in [1.54, 1.807) is 0 Å². The van der Waals surface area contributed by atoms with Crippen LogP contribution in [-0.2, 0) is 20.7 Å². The third kappa shape index (κ3) is 2.96. The van der Waals surface area contributed by atoms with Gasteiger partial charge in [-0.2, -0.15) is 0 Å². The molecule has 5 heteroatoms. The van der Waals surface area contributed by atoms with Crippen LogP contribution in [-0.4, -0.2) is 41.9 Å². The minimum Gasteiger partial charge on any atom is -0.375 e. The van der Waals surface area contributed by atoms with Crippen LogP contribution in [0.25, 0.3) is 10.9 Å². The first-order valence-electron chi connectivity index (χ1n) is 9.33. The highest BCUT2D eigenvalue weighted by Gasteiger charge is 2.59. The lowest BCUT2D eigenvalue weighted by atomic mass is 9.70. The Morgan fingerprint density at radius 2 is 2.32 bits per heavy atom. The van der Waals surface area contributed by atoms with E-state index in [0.29, 0.717) is 13.0 Å². The quantitative estimate of drug-likeness (QED) is 0.848. The lowest BCUT2D eigenvalue weighted by molar-refractivity contribution is -0.198. The molecule has 4 rings (SSSR count). The van der Waals surface area contributed by atoms with Gasteiger partial charge in [0, 0.05) is 36.7 Å². The Morgan fingerprint density at radius 3 is 3.12 bits per heavy atom. The van der Waals surface area contributed by atoms with Gasteiger partial charge in [0.2, 0.25) is 5.91 Å². The van der Waals surface area contributed by atoms with Crippen LogP contribution in [0.3, 0.4) is 0 Å². The van der Waals surface area contributed by atoms with E-state index in [4.69, 9.17) is 9.47 Å². The zero-order chi connectivity index (χ0) is 17.3. The monoisotopic (exact) mass is 342 g/mol. The predicted molar refractivity (Wildman–Crippen MR) is 96.5 cm³/mol. The molecule has 0 bridgehead atoms. The van der Waals surface area contributed by atoms with Gasteiger partial charge in [0.1, 0.15) is 5.60 Å². The van der Waals surface area contributed by atoms with Gasteiger partial charge in [0.15, 0.2) is 0 Å². The van der Waals surface area contributed by atoms with Gasteiger partial charge in [-0.3, -0.25) is 4.79 Å². The number of nitrogens with one attached hydrogen (secondary N) is 2. The molecule has 1 aliphatic heterocycles. The number of aromatic nitrogens is 1. The highest BCUT2D eigenvalue weighted by atomic mass is 16.6. The van der Waals surface area contributed by atoms with Crippen LogP contribution in [0.2, 0.25) is 0 Å². The molecule has 1 amide bonds. The first-order valence-corrected chi connectivity index (χ1v) is 9.33. The van der Waals surface area contributed by atoms with Gasteiger partial charge in [-0.05, 0) is 44.2 Å². The summed E-state index contributed by atoms with van der Waals surface area (Å²) in [4.78, 5) is 15.7. The van der Waals surface area contributed by atoms with E-state index in [2.05, 4.69) is 22.4 Å². The molecule has 1 saturated heterocycles. The van der Waals surface area contributed by atoms with E-state index in [-0.39, 0.29) is 23.7 Å². The second kappa shape index (κ2) is 6.81. The molecule has 25 heavy (non-hydrogen) atoms. The zero-order valence-corrected chi connectivity index (χ0v) is 14.7. The summed E-state index contributed by atoms with van der Waals surface area (Å²) in [5.74, 6) is 0.0973. The third-order valence-corrected chi connectivity index (χ3v) is 5.67. The number of carbonyl (C=O) groups excluding carboxylic acids is 1. The normalized spacial score (nSPS) is 28.4. The number of aromatic amines is 1. The largest absolute Gasteiger partial charge is 0.375 e. The number of aryl methyl sites for hydroxylation is 1. The van der Waals surface area contributed by atoms with Crippen molar-refractivity contribution in [2.24, 2.45) is 0 Å². The number of amides is 1. The Balaban J connectivity index is 1.35. The van der Waals surface area contributed by atoms with Crippen LogP contribution in [0.5, 0.6) is 0 Å². The van der Waals surface area contributed by atoms with E-state index in [1.807, 2.05) is 25.3 Å². The molecule has 2 aliphatic rings. The van der Waals surface area contributed by atoms with Crippen molar-refractivity contribution in [3.63, 3.8) is 0 Å². The predicted octanol–water partition coefficient (Wildman–Crippen LogP) is 2.94. The fraction of sp³-hybridized carbons (Fsp3) is 0.550. The SMILES string of the molecule is CCO[C@@H]1C[C@H](NC(=O)CCc2c[nH]c3ccccc23)[C@@]12CCCO2. The van der Waals surface area contributed by atoms with Crippen LogP contribution in [0, 0.1) is 0 Å². The molecule has 0 radical (unpaired) electrons. The molecule has 3 atom stereocenters. The minimum atomic E-state index is -0.285. The van der Waals surface area contributed by atoms with Gasteiger partial charge in [-0.25, -0.2) is 0 Å². The first kappa shape index (κ1) is 16.6. The Morgan fingerprint density at radius 1 is 1.44 bits per heavy atom. The Hall–Kier alpha value is -1.85. The number of fused-ring (bicyclic) bond motifs is 1. The average Bonchev–Trinajstić information content (AvgIpc) is 3.28. The Labute approximate surface area is 148 Å². The number of hydrogen-bond acceptors (Lipinski definition) is 3. The molecule has 1 saturated carbocycles. The molecule has 2 N–H and O–H groups in total. The van der Waals surface area contributed by atoms with Crippen molar-refractivity contribution in [2.75, 3.05) is 13.2 Å². The highest BCUT2D eigenvalue weighted by Crippen LogP contribution is 2.45. The van der Waals surface area contributed by atoms with Gasteiger partial charge < -0.3 is 19.8 Å². The number of benzene rings is 1. The van der Waals surface area contributed by atoms with Crippen molar-refractivity contribution >= 4 is 16.8 Å². The molecule has 134 valence electrons. The van der Waals surface area contributed by atoms with E-state index >= 15 is 0 Å². The topological polar surface area (TPSA) is 63.3 Å². The number of ether oxygens (including phenoxy) is 2. The molecule has 2 heterocycles. The smallest absolute Gasteiger partial charge is 0.220 e. The summed E-state index contributed by atoms with van der Waals surface area (Å²) < 4.78 is 11.8. The molecule has 1 aromatic carbocycles. The molecule has 5 nitrogen and oxygen atoms in total. The number of rotatable bonds is 6. The van der Waals surface area contributed by atoms with Crippen molar-refractivity contribution in [1.29, 1.82) is 0 Å². The number of para-hydroxylation sites is 1. The summed E-state index contributed by atoms with van der Waals surface area (Å²) in [7, 11) is 0. The maximum atomic E-state index is 12.5. The maximum absolute atomic E-state index is 12.5. The van der Waals surface area contributed by atoms with E-state index in [1.165, 1.54) is 10.9 Å².